The molecule has 0 aliphatic carbocycles. The quantitative estimate of drug-likeness (QED) is 0.536. The summed E-state index contributed by atoms with van der Waals surface area (Å²) in [6, 6.07) is 15.6. The van der Waals surface area contributed by atoms with E-state index in [1.54, 1.807) is 17.8 Å². The molecular formula is C18H17N3OS. The van der Waals surface area contributed by atoms with Gasteiger partial charge in [-0.3, -0.25) is 4.79 Å². The van der Waals surface area contributed by atoms with Crippen LogP contribution in [0.5, 0.6) is 0 Å². The van der Waals surface area contributed by atoms with Crippen molar-refractivity contribution in [1.82, 2.24) is 15.3 Å². The third kappa shape index (κ3) is 3.81. The normalized spacial score (nSPS) is 10.6. The molecular weight excluding hydrogens is 306 g/mol. The van der Waals surface area contributed by atoms with Gasteiger partial charge < -0.3 is 10.3 Å². The van der Waals surface area contributed by atoms with Gasteiger partial charge in [0.25, 0.3) is 5.91 Å². The van der Waals surface area contributed by atoms with Gasteiger partial charge in [0.05, 0.1) is 11.0 Å². The first-order valence-corrected chi connectivity index (χ1v) is 8.30. The highest BCUT2D eigenvalue weighted by atomic mass is 32.2. The number of amides is 1. The summed E-state index contributed by atoms with van der Waals surface area (Å²) >= 11 is 1.65. The van der Waals surface area contributed by atoms with Crippen molar-refractivity contribution in [2.75, 3.05) is 6.54 Å². The van der Waals surface area contributed by atoms with E-state index in [0.717, 1.165) is 27.5 Å². The Kier molecular flexibility index (Phi) is 4.78. The molecule has 23 heavy (non-hydrogen) atoms. The molecule has 0 fully saturated rings. The smallest absolute Gasteiger partial charge is 0.251 e. The average Bonchev–Trinajstić information content (AvgIpc) is 3.01. The van der Waals surface area contributed by atoms with Crippen LogP contribution in [0.15, 0.2) is 66.3 Å². The van der Waals surface area contributed by atoms with Gasteiger partial charge >= 0.3 is 0 Å². The second kappa shape index (κ2) is 7.15. The minimum atomic E-state index is -0.0820. The average molecular weight is 323 g/mol. The predicted octanol–water partition coefficient (Wildman–Crippen LogP) is 3.77. The molecule has 3 aromatic rings. The minimum Gasteiger partial charge on any atom is -0.349 e. The summed E-state index contributed by atoms with van der Waals surface area (Å²) < 4.78 is 0. The highest BCUT2D eigenvalue weighted by molar-refractivity contribution is 7.98. The summed E-state index contributed by atoms with van der Waals surface area (Å²) in [6.07, 6.45) is 1.66. The maximum atomic E-state index is 11.8. The van der Waals surface area contributed by atoms with Crippen LogP contribution in [0.25, 0.3) is 11.0 Å². The molecule has 2 N–H and O–H groups in total. The molecule has 4 nitrogen and oxygen atoms in total. The first-order chi connectivity index (χ1) is 11.3. The van der Waals surface area contributed by atoms with Crippen molar-refractivity contribution < 1.29 is 4.79 Å². The van der Waals surface area contributed by atoms with Crippen LogP contribution in [0.2, 0.25) is 0 Å². The summed E-state index contributed by atoms with van der Waals surface area (Å²) in [5.41, 5.74) is 3.83. The summed E-state index contributed by atoms with van der Waals surface area (Å²) in [4.78, 5) is 19.7. The molecule has 5 heteroatoms. The molecule has 0 bridgehead atoms. The number of para-hydroxylation sites is 2. The highest BCUT2D eigenvalue weighted by Crippen LogP contribution is 2.23. The number of rotatable bonds is 6. The number of carbonyl (C=O) groups is 1. The van der Waals surface area contributed by atoms with Crippen LogP contribution >= 0.6 is 11.8 Å². The van der Waals surface area contributed by atoms with E-state index < -0.39 is 0 Å². The van der Waals surface area contributed by atoms with Gasteiger partial charge in [-0.25, -0.2) is 4.98 Å². The van der Waals surface area contributed by atoms with E-state index in [4.69, 9.17) is 0 Å². The molecule has 0 saturated carbocycles. The number of benzene rings is 2. The number of hydrogen-bond acceptors (Lipinski definition) is 3. The highest BCUT2D eigenvalue weighted by Gasteiger charge is 2.06. The molecule has 1 amide bonds. The van der Waals surface area contributed by atoms with Gasteiger partial charge in [0.15, 0.2) is 5.16 Å². The summed E-state index contributed by atoms with van der Waals surface area (Å²) in [5.74, 6) is 0.718. The SMILES string of the molecule is C=CCNC(=O)c1ccc(CSc2nc3ccccc3[nH]2)cc1. The Bertz CT molecular complexity index is 791. The van der Waals surface area contributed by atoms with Crippen LogP contribution < -0.4 is 5.32 Å². The van der Waals surface area contributed by atoms with E-state index in [1.165, 1.54) is 0 Å². The van der Waals surface area contributed by atoms with Crippen molar-refractivity contribution >= 4 is 28.7 Å². The monoisotopic (exact) mass is 323 g/mol. The second-order valence-corrected chi connectivity index (χ2v) is 6.01. The van der Waals surface area contributed by atoms with Gasteiger partial charge in [0, 0.05) is 17.9 Å². The number of imidazole rings is 1. The van der Waals surface area contributed by atoms with Crippen molar-refractivity contribution in [3.8, 4) is 0 Å². The van der Waals surface area contributed by atoms with E-state index in [0.29, 0.717) is 12.1 Å². The number of nitrogens with zero attached hydrogens (tertiary/aromatic N) is 1. The Hall–Kier alpha value is -2.53. The first-order valence-electron chi connectivity index (χ1n) is 7.32. The minimum absolute atomic E-state index is 0.0820. The number of H-pyrrole nitrogens is 1. The molecule has 0 aliphatic rings. The molecule has 1 heterocycles. The van der Waals surface area contributed by atoms with E-state index in [9.17, 15) is 4.79 Å². The van der Waals surface area contributed by atoms with Crippen molar-refractivity contribution in [3.05, 3.63) is 72.3 Å². The summed E-state index contributed by atoms with van der Waals surface area (Å²) in [5, 5.41) is 3.67. The van der Waals surface area contributed by atoms with Gasteiger partial charge in [-0.15, -0.1) is 6.58 Å². The molecule has 0 spiro atoms. The zero-order chi connectivity index (χ0) is 16.1. The van der Waals surface area contributed by atoms with Gasteiger partial charge in [0.2, 0.25) is 0 Å². The van der Waals surface area contributed by atoms with Gasteiger partial charge in [-0.1, -0.05) is 42.1 Å². The number of thioether (sulfide) groups is 1. The maximum absolute atomic E-state index is 11.8. The third-order valence-corrected chi connectivity index (χ3v) is 4.31. The maximum Gasteiger partial charge on any atom is 0.251 e. The largest absolute Gasteiger partial charge is 0.349 e. The number of aromatic amines is 1. The third-order valence-electron chi connectivity index (χ3n) is 3.37. The molecule has 2 aromatic carbocycles. The first kappa shape index (κ1) is 15.4. The lowest BCUT2D eigenvalue weighted by Gasteiger charge is -2.04. The van der Waals surface area contributed by atoms with Gasteiger partial charge in [-0.2, -0.15) is 0 Å². The number of carbonyl (C=O) groups excluding carboxylic acids is 1. The Morgan fingerprint density at radius 3 is 2.74 bits per heavy atom. The number of fused-ring (bicyclic) bond motifs is 1. The van der Waals surface area contributed by atoms with Crippen molar-refractivity contribution in [3.63, 3.8) is 0 Å². The predicted molar refractivity (Wildman–Crippen MR) is 94.6 cm³/mol. The lowest BCUT2D eigenvalue weighted by molar-refractivity contribution is 0.0958. The molecule has 3 rings (SSSR count). The fourth-order valence-electron chi connectivity index (χ4n) is 2.17. The van der Waals surface area contributed by atoms with Crippen molar-refractivity contribution in [1.29, 1.82) is 0 Å². The summed E-state index contributed by atoms with van der Waals surface area (Å²) in [7, 11) is 0. The number of hydrogen-bond donors (Lipinski definition) is 2. The fourth-order valence-corrected chi connectivity index (χ4v) is 3.01. The van der Waals surface area contributed by atoms with Crippen LogP contribution in [-0.4, -0.2) is 22.4 Å². The lowest BCUT2D eigenvalue weighted by atomic mass is 10.1. The van der Waals surface area contributed by atoms with E-state index in [-0.39, 0.29) is 5.91 Å². The molecule has 0 saturated heterocycles. The standard InChI is InChI=1S/C18H17N3OS/c1-2-11-19-17(22)14-9-7-13(8-10-14)12-23-18-20-15-5-3-4-6-16(15)21-18/h2-10H,1,11-12H2,(H,19,22)(H,20,21). The molecule has 0 unspecified atom stereocenters. The van der Waals surface area contributed by atoms with Crippen LogP contribution in [0, 0.1) is 0 Å². The Morgan fingerprint density at radius 1 is 1.22 bits per heavy atom. The molecule has 116 valence electrons. The Balaban J connectivity index is 1.62. The number of aromatic nitrogens is 2. The fraction of sp³-hybridized carbons (Fsp3) is 0.111. The number of nitrogens with one attached hydrogen (secondary N) is 2. The molecule has 1 aromatic heterocycles. The van der Waals surface area contributed by atoms with Crippen molar-refractivity contribution in [2.24, 2.45) is 0 Å². The lowest BCUT2D eigenvalue weighted by Crippen LogP contribution is -2.23. The van der Waals surface area contributed by atoms with Crippen molar-refractivity contribution in [2.45, 2.75) is 10.9 Å². The zero-order valence-electron chi connectivity index (χ0n) is 12.6. The second-order valence-electron chi connectivity index (χ2n) is 5.04. The van der Waals surface area contributed by atoms with Crippen LogP contribution in [0.3, 0.4) is 0 Å². The van der Waals surface area contributed by atoms with Crippen LogP contribution in [0.1, 0.15) is 15.9 Å². The molecule has 0 atom stereocenters. The van der Waals surface area contributed by atoms with Gasteiger partial charge in [0.1, 0.15) is 0 Å². The summed E-state index contributed by atoms with van der Waals surface area (Å²) in [6.45, 7) is 4.06. The van der Waals surface area contributed by atoms with E-state index in [1.807, 2.05) is 48.5 Å². The van der Waals surface area contributed by atoms with Gasteiger partial charge in [-0.05, 0) is 29.8 Å². The molecule has 0 aliphatic heterocycles. The van der Waals surface area contributed by atoms with E-state index >= 15 is 0 Å². The Morgan fingerprint density at radius 2 is 2.00 bits per heavy atom. The topological polar surface area (TPSA) is 57.8 Å². The van der Waals surface area contributed by atoms with E-state index in [2.05, 4.69) is 21.9 Å². The van der Waals surface area contributed by atoms with Crippen LogP contribution in [0.4, 0.5) is 0 Å². The van der Waals surface area contributed by atoms with Crippen LogP contribution in [-0.2, 0) is 5.75 Å². The zero-order valence-corrected chi connectivity index (χ0v) is 13.4. The molecule has 0 radical (unpaired) electrons. The Labute approximate surface area is 139 Å².